The lowest BCUT2D eigenvalue weighted by molar-refractivity contribution is 0.0787. The van der Waals surface area contributed by atoms with Crippen LogP contribution in [0.25, 0.3) is 11.0 Å². The second-order valence-electron chi connectivity index (χ2n) is 7.03. The molecule has 1 saturated carbocycles. The Labute approximate surface area is 157 Å². The zero-order valence-corrected chi connectivity index (χ0v) is 15.9. The quantitative estimate of drug-likeness (QED) is 0.697. The number of carbonyl (C=O) groups excluding carboxylic acids is 1. The second-order valence-corrected chi connectivity index (χ2v) is 7.44. The molecule has 2 aromatic heterocycles. The molecule has 0 radical (unpaired) electrons. The van der Waals surface area contributed by atoms with Crippen molar-refractivity contribution in [3.05, 3.63) is 57.9 Å². The lowest BCUT2D eigenvalue weighted by Crippen LogP contribution is -2.27. The third-order valence-corrected chi connectivity index (χ3v) is 5.30. The van der Waals surface area contributed by atoms with Crippen LogP contribution in [0.1, 0.15) is 46.1 Å². The van der Waals surface area contributed by atoms with Gasteiger partial charge in [0.05, 0.1) is 16.6 Å². The van der Waals surface area contributed by atoms with E-state index in [0.29, 0.717) is 23.0 Å². The molecule has 1 aliphatic carbocycles. The number of benzene rings is 1. The van der Waals surface area contributed by atoms with Gasteiger partial charge in [0.15, 0.2) is 5.65 Å². The standard InChI is InChI=1S/C20H21ClN4O/c1-12-18-15(10-17(13-8-9-13)22-19(18)25(3)23-12)20(26)24(2)11-14-6-4-5-7-16(14)21/h4-7,10,13H,8-9,11H2,1-3H3. The van der Waals surface area contributed by atoms with Crippen LogP contribution in [0.15, 0.2) is 30.3 Å². The smallest absolute Gasteiger partial charge is 0.254 e. The van der Waals surface area contributed by atoms with Crippen molar-refractivity contribution in [1.82, 2.24) is 19.7 Å². The molecule has 6 heteroatoms. The van der Waals surface area contributed by atoms with Crippen molar-refractivity contribution in [3.63, 3.8) is 0 Å². The molecule has 2 heterocycles. The van der Waals surface area contributed by atoms with Gasteiger partial charge in [-0.25, -0.2) is 4.98 Å². The van der Waals surface area contributed by atoms with E-state index in [-0.39, 0.29) is 5.91 Å². The van der Waals surface area contributed by atoms with E-state index in [0.717, 1.165) is 40.8 Å². The van der Waals surface area contributed by atoms with E-state index < -0.39 is 0 Å². The Morgan fingerprint density at radius 1 is 1.35 bits per heavy atom. The van der Waals surface area contributed by atoms with E-state index in [1.165, 1.54) is 0 Å². The molecular formula is C20H21ClN4O. The minimum absolute atomic E-state index is 0.0321. The van der Waals surface area contributed by atoms with Gasteiger partial charge in [-0.05, 0) is 37.5 Å². The average Bonchev–Trinajstić information content (AvgIpc) is 3.42. The Bertz CT molecular complexity index is 1010. The third kappa shape index (κ3) is 2.97. The van der Waals surface area contributed by atoms with Gasteiger partial charge in [-0.3, -0.25) is 9.48 Å². The molecule has 3 aromatic rings. The number of halogens is 1. The fourth-order valence-corrected chi connectivity index (χ4v) is 3.58. The summed E-state index contributed by atoms with van der Waals surface area (Å²) in [5.41, 5.74) is 4.21. The van der Waals surface area contributed by atoms with Crippen molar-refractivity contribution in [3.8, 4) is 0 Å². The lowest BCUT2D eigenvalue weighted by atomic mass is 10.1. The van der Waals surface area contributed by atoms with Crippen LogP contribution in [0.4, 0.5) is 0 Å². The summed E-state index contributed by atoms with van der Waals surface area (Å²) in [7, 11) is 3.68. The molecular weight excluding hydrogens is 348 g/mol. The second kappa shape index (κ2) is 6.40. The Balaban J connectivity index is 1.75. The number of aromatic nitrogens is 3. The Hall–Kier alpha value is -2.40. The molecule has 1 aliphatic rings. The van der Waals surface area contributed by atoms with Crippen LogP contribution < -0.4 is 0 Å². The number of hydrogen-bond acceptors (Lipinski definition) is 3. The maximum atomic E-state index is 13.2. The summed E-state index contributed by atoms with van der Waals surface area (Å²) in [6, 6.07) is 9.57. The average molecular weight is 369 g/mol. The fourth-order valence-electron chi connectivity index (χ4n) is 3.38. The molecule has 0 spiro atoms. The van der Waals surface area contributed by atoms with Gasteiger partial charge in [-0.15, -0.1) is 0 Å². The van der Waals surface area contributed by atoms with Gasteiger partial charge in [0.1, 0.15) is 0 Å². The molecule has 26 heavy (non-hydrogen) atoms. The Kier molecular flexibility index (Phi) is 4.19. The number of hydrogen-bond donors (Lipinski definition) is 0. The summed E-state index contributed by atoms with van der Waals surface area (Å²) in [4.78, 5) is 19.7. The molecule has 0 unspecified atom stereocenters. The topological polar surface area (TPSA) is 51.0 Å². The maximum Gasteiger partial charge on any atom is 0.254 e. The number of rotatable bonds is 4. The molecule has 5 nitrogen and oxygen atoms in total. The van der Waals surface area contributed by atoms with Crippen LogP contribution in [0, 0.1) is 6.92 Å². The molecule has 1 amide bonds. The van der Waals surface area contributed by atoms with Gasteiger partial charge in [0.25, 0.3) is 5.91 Å². The minimum atomic E-state index is -0.0321. The molecule has 1 fully saturated rings. The number of carbonyl (C=O) groups is 1. The molecule has 1 aromatic carbocycles. The van der Waals surface area contributed by atoms with E-state index in [4.69, 9.17) is 16.6 Å². The van der Waals surface area contributed by atoms with E-state index in [9.17, 15) is 4.79 Å². The molecule has 0 bridgehead atoms. The van der Waals surface area contributed by atoms with Gasteiger partial charge in [-0.2, -0.15) is 5.10 Å². The maximum absolute atomic E-state index is 13.2. The van der Waals surface area contributed by atoms with Crippen LogP contribution in [0.2, 0.25) is 5.02 Å². The van der Waals surface area contributed by atoms with Crippen LogP contribution in [0.3, 0.4) is 0 Å². The number of fused-ring (bicyclic) bond motifs is 1. The summed E-state index contributed by atoms with van der Waals surface area (Å²) in [5.74, 6) is 0.436. The summed E-state index contributed by atoms with van der Waals surface area (Å²) in [6.07, 6.45) is 2.27. The highest BCUT2D eigenvalue weighted by molar-refractivity contribution is 6.31. The highest BCUT2D eigenvalue weighted by Gasteiger charge is 2.29. The SMILES string of the molecule is Cc1nn(C)c2nc(C3CC3)cc(C(=O)N(C)Cc3ccccc3Cl)c12. The Morgan fingerprint density at radius 2 is 2.08 bits per heavy atom. The summed E-state index contributed by atoms with van der Waals surface area (Å²) in [6.45, 7) is 2.38. The highest BCUT2D eigenvalue weighted by atomic mass is 35.5. The van der Waals surface area contributed by atoms with E-state index in [2.05, 4.69) is 5.10 Å². The summed E-state index contributed by atoms with van der Waals surface area (Å²) < 4.78 is 1.77. The zero-order valence-electron chi connectivity index (χ0n) is 15.2. The van der Waals surface area contributed by atoms with E-state index in [1.807, 2.05) is 44.3 Å². The van der Waals surface area contributed by atoms with Crippen LogP contribution in [-0.4, -0.2) is 32.6 Å². The zero-order chi connectivity index (χ0) is 18.4. The van der Waals surface area contributed by atoms with Gasteiger partial charge >= 0.3 is 0 Å². The van der Waals surface area contributed by atoms with Crippen molar-refractivity contribution >= 4 is 28.5 Å². The molecule has 0 atom stereocenters. The summed E-state index contributed by atoms with van der Waals surface area (Å²) in [5, 5.41) is 5.98. The first-order valence-electron chi connectivity index (χ1n) is 8.79. The first-order valence-corrected chi connectivity index (χ1v) is 9.16. The third-order valence-electron chi connectivity index (χ3n) is 4.93. The van der Waals surface area contributed by atoms with E-state index >= 15 is 0 Å². The van der Waals surface area contributed by atoms with Crippen LogP contribution in [0.5, 0.6) is 0 Å². The summed E-state index contributed by atoms with van der Waals surface area (Å²) >= 11 is 6.26. The predicted molar refractivity (Wildman–Crippen MR) is 102 cm³/mol. The number of aryl methyl sites for hydroxylation is 2. The van der Waals surface area contributed by atoms with Gasteiger partial charge in [-0.1, -0.05) is 29.8 Å². The van der Waals surface area contributed by atoms with E-state index in [1.54, 1.807) is 16.6 Å². The minimum Gasteiger partial charge on any atom is -0.337 e. The first kappa shape index (κ1) is 17.0. The van der Waals surface area contributed by atoms with Crippen molar-refractivity contribution in [2.75, 3.05) is 7.05 Å². The molecule has 134 valence electrons. The van der Waals surface area contributed by atoms with Crippen molar-refractivity contribution in [2.24, 2.45) is 7.05 Å². The number of nitrogens with zero attached hydrogens (tertiary/aromatic N) is 4. The Morgan fingerprint density at radius 3 is 2.77 bits per heavy atom. The number of amides is 1. The van der Waals surface area contributed by atoms with Crippen molar-refractivity contribution in [1.29, 1.82) is 0 Å². The van der Waals surface area contributed by atoms with Gasteiger partial charge in [0.2, 0.25) is 0 Å². The molecule has 4 rings (SSSR count). The van der Waals surface area contributed by atoms with Crippen molar-refractivity contribution < 1.29 is 4.79 Å². The number of pyridine rings is 1. The molecule has 0 saturated heterocycles. The fraction of sp³-hybridized carbons (Fsp3) is 0.350. The van der Waals surface area contributed by atoms with Crippen LogP contribution >= 0.6 is 11.6 Å². The monoisotopic (exact) mass is 368 g/mol. The van der Waals surface area contributed by atoms with Crippen LogP contribution in [-0.2, 0) is 13.6 Å². The lowest BCUT2D eigenvalue weighted by Gasteiger charge is -2.19. The molecule has 0 N–H and O–H groups in total. The van der Waals surface area contributed by atoms with Gasteiger partial charge < -0.3 is 4.90 Å². The largest absolute Gasteiger partial charge is 0.337 e. The normalized spacial score (nSPS) is 14.0. The molecule has 0 aliphatic heterocycles. The highest BCUT2D eigenvalue weighted by Crippen LogP contribution is 2.40. The first-order chi connectivity index (χ1) is 12.5. The van der Waals surface area contributed by atoms with Crippen molar-refractivity contribution in [2.45, 2.75) is 32.2 Å². The predicted octanol–water partition coefficient (Wildman–Crippen LogP) is 4.08. The van der Waals surface area contributed by atoms with Gasteiger partial charge in [0, 0.05) is 37.3 Å².